The number of hydrogen-bond donors (Lipinski definition) is 2. The summed E-state index contributed by atoms with van der Waals surface area (Å²) in [7, 11) is 3.08. The monoisotopic (exact) mass is 242 g/mol. The van der Waals surface area contributed by atoms with Crippen molar-refractivity contribution in [2.45, 2.75) is 6.04 Å². The number of nitrogens with one attached hydrogen (secondary N) is 2. The van der Waals surface area contributed by atoms with Gasteiger partial charge >= 0.3 is 0 Å². The van der Waals surface area contributed by atoms with Crippen molar-refractivity contribution in [1.29, 1.82) is 0 Å². The Morgan fingerprint density at radius 3 is 2.53 bits per heavy atom. The highest BCUT2D eigenvalue weighted by atomic mass is 19.1. The predicted octanol–water partition coefficient (Wildman–Crippen LogP) is 1.45. The van der Waals surface area contributed by atoms with Gasteiger partial charge in [-0.15, -0.1) is 0 Å². The molecule has 1 aromatic rings. The average molecular weight is 242 g/mol. The first-order valence-corrected chi connectivity index (χ1v) is 5.58. The van der Waals surface area contributed by atoms with Crippen LogP contribution in [0, 0.1) is 17.6 Å². The van der Waals surface area contributed by atoms with Crippen LogP contribution in [0.1, 0.15) is 11.6 Å². The first kappa shape index (κ1) is 12.3. The third kappa shape index (κ3) is 2.25. The molecule has 1 saturated heterocycles. The Morgan fingerprint density at radius 2 is 2.06 bits per heavy atom. The molecule has 0 amide bonds. The zero-order chi connectivity index (χ0) is 12.4. The smallest absolute Gasteiger partial charge is 0.165 e. The first-order valence-electron chi connectivity index (χ1n) is 5.58. The van der Waals surface area contributed by atoms with Gasteiger partial charge in [0.25, 0.3) is 0 Å². The van der Waals surface area contributed by atoms with Crippen molar-refractivity contribution < 1.29 is 13.5 Å². The summed E-state index contributed by atoms with van der Waals surface area (Å²) in [6.07, 6.45) is 0. The van der Waals surface area contributed by atoms with Gasteiger partial charge in [0.05, 0.1) is 7.11 Å². The zero-order valence-corrected chi connectivity index (χ0v) is 9.89. The maximum atomic E-state index is 13.9. The van der Waals surface area contributed by atoms with Crippen LogP contribution in [-0.2, 0) is 0 Å². The lowest BCUT2D eigenvalue weighted by atomic mass is 9.88. The summed E-state index contributed by atoms with van der Waals surface area (Å²) < 4.78 is 32.2. The maximum absolute atomic E-state index is 13.9. The van der Waals surface area contributed by atoms with E-state index in [-0.39, 0.29) is 11.8 Å². The van der Waals surface area contributed by atoms with E-state index < -0.39 is 11.6 Å². The summed E-state index contributed by atoms with van der Waals surface area (Å²) in [6, 6.07) is 2.14. The summed E-state index contributed by atoms with van der Waals surface area (Å²) in [4.78, 5) is 0. The Bertz CT molecular complexity index is 408. The molecule has 1 fully saturated rings. The molecule has 1 atom stereocenters. The topological polar surface area (TPSA) is 33.3 Å². The van der Waals surface area contributed by atoms with Gasteiger partial charge in [-0.2, -0.15) is 0 Å². The molecule has 1 aliphatic heterocycles. The first-order chi connectivity index (χ1) is 8.17. The third-order valence-electron chi connectivity index (χ3n) is 3.20. The number of hydrogen-bond acceptors (Lipinski definition) is 3. The minimum absolute atomic E-state index is 0.0622. The molecular weight excluding hydrogens is 226 g/mol. The molecule has 1 aliphatic rings. The highest BCUT2D eigenvalue weighted by Gasteiger charge is 2.29. The third-order valence-corrected chi connectivity index (χ3v) is 3.20. The van der Waals surface area contributed by atoms with Crippen LogP contribution in [0.3, 0.4) is 0 Å². The number of benzene rings is 1. The zero-order valence-electron chi connectivity index (χ0n) is 9.89. The molecule has 17 heavy (non-hydrogen) atoms. The second kappa shape index (κ2) is 4.98. The Kier molecular flexibility index (Phi) is 3.59. The largest absolute Gasteiger partial charge is 0.494 e. The van der Waals surface area contributed by atoms with E-state index >= 15 is 0 Å². The van der Waals surface area contributed by atoms with Crippen LogP contribution in [0.15, 0.2) is 12.1 Å². The van der Waals surface area contributed by atoms with Crippen molar-refractivity contribution in [2.75, 3.05) is 27.2 Å². The van der Waals surface area contributed by atoms with Gasteiger partial charge in [0.1, 0.15) is 5.82 Å². The molecule has 0 saturated carbocycles. The van der Waals surface area contributed by atoms with Crippen molar-refractivity contribution >= 4 is 0 Å². The number of rotatable bonds is 4. The molecule has 1 aromatic carbocycles. The number of halogens is 2. The Hall–Kier alpha value is -1.20. The fraction of sp³-hybridized carbons (Fsp3) is 0.500. The van der Waals surface area contributed by atoms with Gasteiger partial charge < -0.3 is 15.4 Å². The molecule has 0 radical (unpaired) electrons. The van der Waals surface area contributed by atoms with Crippen LogP contribution in [0.4, 0.5) is 8.78 Å². The normalized spacial score (nSPS) is 17.6. The van der Waals surface area contributed by atoms with E-state index in [1.807, 2.05) is 0 Å². The molecule has 0 spiro atoms. The van der Waals surface area contributed by atoms with Crippen LogP contribution in [0.2, 0.25) is 0 Å². The molecule has 2 rings (SSSR count). The van der Waals surface area contributed by atoms with E-state index in [2.05, 4.69) is 10.6 Å². The molecule has 94 valence electrons. The minimum Gasteiger partial charge on any atom is -0.494 e. The van der Waals surface area contributed by atoms with Crippen LogP contribution >= 0.6 is 0 Å². The van der Waals surface area contributed by atoms with E-state index in [0.717, 1.165) is 19.2 Å². The van der Waals surface area contributed by atoms with Crippen LogP contribution < -0.4 is 15.4 Å². The second-order valence-electron chi connectivity index (χ2n) is 4.19. The number of ether oxygens (including phenoxy) is 1. The molecule has 2 N–H and O–H groups in total. The summed E-state index contributed by atoms with van der Waals surface area (Å²) in [6.45, 7) is 1.64. The maximum Gasteiger partial charge on any atom is 0.165 e. The van der Waals surface area contributed by atoms with Crippen molar-refractivity contribution in [1.82, 2.24) is 10.6 Å². The fourth-order valence-corrected chi connectivity index (χ4v) is 2.13. The van der Waals surface area contributed by atoms with Gasteiger partial charge in [-0.3, -0.25) is 0 Å². The van der Waals surface area contributed by atoms with E-state index in [1.54, 1.807) is 7.05 Å². The minimum atomic E-state index is -0.531. The Morgan fingerprint density at radius 1 is 1.35 bits per heavy atom. The lowest BCUT2D eigenvalue weighted by molar-refractivity contribution is 0.262. The Labute approximate surface area is 99.2 Å². The van der Waals surface area contributed by atoms with Crippen LogP contribution in [0.25, 0.3) is 0 Å². The summed E-state index contributed by atoms with van der Waals surface area (Å²) in [5.74, 6) is -0.735. The van der Waals surface area contributed by atoms with Gasteiger partial charge in [-0.05, 0) is 13.1 Å². The standard InChI is InChI=1S/C12H16F2N2O/c1-15-12(7-5-16-6-7)8-3-10(14)11(17-2)4-9(8)13/h3-4,7,12,15-16H,5-6H2,1-2H3. The molecular formula is C12H16F2N2O. The predicted molar refractivity (Wildman–Crippen MR) is 61.1 cm³/mol. The van der Waals surface area contributed by atoms with E-state index in [0.29, 0.717) is 11.5 Å². The van der Waals surface area contributed by atoms with Crippen LogP contribution in [0.5, 0.6) is 5.75 Å². The fourth-order valence-electron chi connectivity index (χ4n) is 2.13. The van der Waals surface area contributed by atoms with E-state index in [1.165, 1.54) is 13.2 Å². The van der Waals surface area contributed by atoms with Crippen molar-refractivity contribution in [3.05, 3.63) is 29.3 Å². The summed E-state index contributed by atoms with van der Waals surface area (Å²) >= 11 is 0. The van der Waals surface area contributed by atoms with E-state index in [9.17, 15) is 8.78 Å². The van der Waals surface area contributed by atoms with Gasteiger partial charge in [-0.25, -0.2) is 8.78 Å². The highest BCUT2D eigenvalue weighted by Crippen LogP contribution is 2.30. The molecule has 1 unspecified atom stereocenters. The van der Waals surface area contributed by atoms with E-state index in [4.69, 9.17) is 4.74 Å². The van der Waals surface area contributed by atoms with Crippen molar-refractivity contribution in [3.8, 4) is 5.75 Å². The van der Waals surface area contributed by atoms with Crippen molar-refractivity contribution in [2.24, 2.45) is 5.92 Å². The van der Waals surface area contributed by atoms with Gasteiger partial charge in [0.2, 0.25) is 0 Å². The summed E-state index contributed by atoms with van der Waals surface area (Å²) in [5.41, 5.74) is 0.359. The number of methoxy groups -OCH3 is 1. The molecule has 3 nitrogen and oxygen atoms in total. The second-order valence-corrected chi connectivity index (χ2v) is 4.19. The Balaban J connectivity index is 2.32. The van der Waals surface area contributed by atoms with Gasteiger partial charge in [-0.1, -0.05) is 0 Å². The quantitative estimate of drug-likeness (QED) is 0.838. The van der Waals surface area contributed by atoms with Gasteiger partial charge in [0, 0.05) is 36.7 Å². The van der Waals surface area contributed by atoms with Crippen molar-refractivity contribution in [3.63, 3.8) is 0 Å². The molecule has 1 heterocycles. The SMILES string of the molecule is CNC(c1cc(F)c(OC)cc1F)C1CNC1. The molecule has 0 bridgehead atoms. The average Bonchev–Trinajstić information content (AvgIpc) is 2.26. The highest BCUT2D eigenvalue weighted by molar-refractivity contribution is 5.33. The lowest BCUT2D eigenvalue weighted by Crippen LogP contribution is -2.48. The van der Waals surface area contributed by atoms with Crippen LogP contribution in [-0.4, -0.2) is 27.2 Å². The van der Waals surface area contributed by atoms with Gasteiger partial charge in [0.15, 0.2) is 11.6 Å². The molecule has 5 heteroatoms. The lowest BCUT2D eigenvalue weighted by Gasteiger charge is -2.35. The summed E-state index contributed by atoms with van der Waals surface area (Å²) in [5, 5.41) is 6.16. The molecule has 0 aliphatic carbocycles. The molecule has 0 aromatic heterocycles.